The third-order valence-corrected chi connectivity index (χ3v) is 7.75. The van der Waals surface area contributed by atoms with E-state index in [9.17, 15) is 32.3 Å². The molecule has 6 nitrogen and oxygen atoms in total. The standard InChI is InChI=1S/C28H15F3N2O4/c1-10-8-15-21-16(27(37)33(3)26(15)36)9-17(28(29,30)31)22-12-5-7-14-20-13(24(34)32(2)25(14)35)6-4-11(19(12)20)18(10)23(21)22/h4-9H,1-3H3. The second-order valence-electron chi connectivity index (χ2n) is 9.62. The van der Waals surface area contributed by atoms with Crippen molar-refractivity contribution in [1.29, 1.82) is 0 Å². The largest absolute Gasteiger partial charge is 0.417 e. The van der Waals surface area contributed by atoms with Crippen molar-refractivity contribution in [3.05, 3.63) is 69.8 Å². The summed E-state index contributed by atoms with van der Waals surface area (Å²) in [4.78, 5) is 53.8. The molecule has 5 aromatic carbocycles. The molecule has 0 radical (unpaired) electrons. The first-order valence-corrected chi connectivity index (χ1v) is 11.4. The second kappa shape index (κ2) is 6.42. The molecule has 0 N–H and O–H groups in total. The maximum atomic E-state index is 14.6. The van der Waals surface area contributed by atoms with Crippen molar-refractivity contribution in [2.24, 2.45) is 0 Å². The number of hydrogen-bond donors (Lipinski definition) is 0. The highest BCUT2D eigenvalue weighted by molar-refractivity contribution is 6.42. The van der Waals surface area contributed by atoms with E-state index in [1.54, 1.807) is 25.1 Å². The van der Waals surface area contributed by atoms with Gasteiger partial charge in [0.15, 0.2) is 0 Å². The Bertz CT molecular complexity index is 1970. The number of amides is 4. The van der Waals surface area contributed by atoms with Crippen LogP contribution in [0, 0.1) is 6.92 Å². The Labute approximate surface area is 206 Å². The zero-order valence-electron chi connectivity index (χ0n) is 19.6. The number of nitrogens with zero attached hydrogens (tertiary/aromatic N) is 2. The molecule has 2 aliphatic heterocycles. The van der Waals surface area contributed by atoms with Crippen LogP contribution in [0.25, 0.3) is 43.1 Å². The van der Waals surface area contributed by atoms with Gasteiger partial charge in [-0.15, -0.1) is 0 Å². The quantitative estimate of drug-likeness (QED) is 0.160. The van der Waals surface area contributed by atoms with Crippen LogP contribution < -0.4 is 0 Å². The van der Waals surface area contributed by atoms with E-state index < -0.39 is 35.4 Å². The predicted molar refractivity (Wildman–Crippen MR) is 130 cm³/mol. The molecule has 0 unspecified atom stereocenters. The Morgan fingerprint density at radius 1 is 0.568 bits per heavy atom. The third kappa shape index (κ3) is 2.37. The van der Waals surface area contributed by atoms with Crippen LogP contribution in [0.1, 0.15) is 52.6 Å². The van der Waals surface area contributed by atoms with Gasteiger partial charge in [-0.3, -0.25) is 29.0 Å². The normalized spacial score (nSPS) is 15.9. The number of alkyl halides is 3. The first-order chi connectivity index (χ1) is 17.4. The molecule has 0 fully saturated rings. The van der Waals surface area contributed by atoms with Gasteiger partial charge in [0.2, 0.25) is 0 Å². The molecule has 0 spiro atoms. The molecular formula is C28H15F3N2O4. The molecule has 0 saturated carbocycles. The molecule has 0 atom stereocenters. The highest BCUT2D eigenvalue weighted by Gasteiger charge is 2.41. The lowest BCUT2D eigenvalue weighted by atomic mass is 9.79. The summed E-state index contributed by atoms with van der Waals surface area (Å²) in [6.45, 7) is 1.70. The zero-order valence-corrected chi connectivity index (χ0v) is 19.6. The van der Waals surface area contributed by atoms with Crippen molar-refractivity contribution < 1.29 is 32.3 Å². The molecule has 182 valence electrons. The molecule has 0 bridgehead atoms. The summed E-state index contributed by atoms with van der Waals surface area (Å²) in [5, 5.41) is 2.07. The van der Waals surface area contributed by atoms with E-state index >= 15 is 0 Å². The number of halogens is 3. The van der Waals surface area contributed by atoms with Gasteiger partial charge in [-0.05, 0) is 63.7 Å². The van der Waals surface area contributed by atoms with Crippen LogP contribution >= 0.6 is 0 Å². The van der Waals surface area contributed by atoms with Gasteiger partial charge < -0.3 is 0 Å². The smallest absolute Gasteiger partial charge is 0.277 e. The van der Waals surface area contributed by atoms with E-state index in [0.29, 0.717) is 27.1 Å². The molecule has 0 saturated heterocycles. The fourth-order valence-corrected chi connectivity index (χ4v) is 6.13. The van der Waals surface area contributed by atoms with E-state index in [-0.39, 0.29) is 43.8 Å². The topological polar surface area (TPSA) is 74.8 Å². The molecule has 2 aliphatic rings. The summed E-state index contributed by atoms with van der Waals surface area (Å²) >= 11 is 0. The average molecular weight is 500 g/mol. The monoisotopic (exact) mass is 500 g/mol. The molecule has 4 amide bonds. The first-order valence-electron chi connectivity index (χ1n) is 11.4. The summed E-state index contributed by atoms with van der Waals surface area (Å²) in [7, 11) is 2.61. The van der Waals surface area contributed by atoms with Crippen molar-refractivity contribution in [2.45, 2.75) is 13.1 Å². The third-order valence-electron chi connectivity index (χ3n) is 7.75. The van der Waals surface area contributed by atoms with Crippen LogP contribution in [0.5, 0.6) is 0 Å². The zero-order chi connectivity index (χ0) is 26.3. The fourth-order valence-electron chi connectivity index (χ4n) is 6.13. The van der Waals surface area contributed by atoms with Gasteiger partial charge in [0.1, 0.15) is 0 Å². The molecule has 37 heavy (non-hydrogen) atoms. The molecule has 0 aliphatic carbocycles. The van der Waals surface area contributed by atoms with Gasteiger partial charge >= 0.3 is 6.18 Å². The lowest BCUT2D eigenvalue weighted by molar-refractivity contribution is -0.136. The van der Waals surface area contributed by atoms with Crippen molar-refractivity contribution in [1.82, 2.24) is 9.80 Å². The molecule has 7 rings (SSSR count). The van der Waals surface area contributed by atoms with Gasteiger partial charge in [0.05, 0.1) is 5.56 Å². The Morgan fingerprint density at radius 3 is 1.57 bits per heavy atom. The number of rotatable bonds is 0. The van der Waals surface area contributed by atoms with E-state index in [4.69, 9.17) is 0 Å². The number of benzene rings is 5. The van der Waals surface area contributed by atoms with Crippen molar-refractivity contribution in [2.75, 3.05) is 14.1 Å². The van der Waals surface area contributed by atoms with Gasteiger partial charge in [-0.25, -0.2) is 0 Å². The van der Waals surface area contributed by atoms with Crippen LogP contribution in [0.2, 0.25) is 0 Å². The van der Waals surface area contributed by atoms with Crippen molar-refractivity contribution in [3.63, 3.8) is 0 Å². The van der Waals surface area contributed by atoms with Crippen molar-refractivity contribution >= 4 is 66.7 Å². The number of hydrogen-bond acceptors (Lipinski definition) is 4. The lowest BCUT2D eigenvalue weighted by Crippen LogP contribution is -2.37. The lowest BCUT2D eigenvalue weighted by Gasteiger charge is -2.29. The molecule has 5 aromatic rings. The van der Waals surface area contributed by atoms with Crippen LogP contribution in [-0.4, -0.2) is 47.5 Å². The van der Waals surface area contributed by atoms with E-state index in [1.165, 1.54) is 26.2 Å². The van der Waals surface area contributed by atoms with Gasteiger partial charge in [-0.2, -0.15) is 13.2 Å². The average Bonchev–Trinajstić information content (AvgIpc) is 2.86. The van der Waals surface area contributed by atoms with E-state index in [1.807, 2.05) is 0 Å². The minimum atomic E-state index is -4.83. The number of imide groups is 2. The minimum Gasteiger partial charge on any atom is -0.277 e. The summed E-state index contributed by atoms with van der Waals surface area (Å²) in [6.07, 6.45) is -4.83. The van der Waals surface area contributed by atoms with Crippen LogP contribution in [0.3, 0.4) is 0 Å². The molecular weight excluding hydrogens is 485 g/mol. The van der Waals surface area contributed by atoms with Crippen molar-refractivity contribution in [3.8, 4) is 0 Å². The Hall–Kier alpha value is -4.53. The second-order valence-corrected chi connectivity index (χ2v) is 9.62. The Morgan fingerprint density at radius 2 is 1.03 bits per heavy atom. The summed E-state index contributed by atoms with van der Waals surface area (Å²) in [6, 6.07) is 8.55. The number of carbonyl (C=O) groups excluding carboxylic acids is 4. The van der Waals surface area contributed by atoms with Crippen LogP contribution in [0.15, 0.2) is 36.4 Å². The molecule has 9 heteroatoms. The van der Waals surface area contributed by atoms with Crippen LogP contribution in [-0.2, 0) is 6.18 Å². The summed E-state index contributed by atoms with van der Waals surface area (Å²) in [5.74, 6) is -2.47. The van der Waals surface area contributed by atoms with E-state index in [2.05, 4.69) is 0 Å². The Balaban J connectivity index is 1.86. The predicted octanol–water partition coefficient (Wildman–Crippen LogP) is 5.52. The highest BCUT2D eigenvalue weighted by Crippen LogP contribution is 2.50. The van der Waals surface area contributed by atoms with E-state index in [0.717, 1.165) is 15.9 Å². The van der Waals surface area contributed by atoms with Gasteiger partial charge in [0, 0.05) is 52.5 Å². The Kier molecular flexibility index (Phi) is 3.77. The summed E-state index contributed by atoms with van der Waals surface area (Å²) in [5.41, 5.74) is -0.0485. The van der Waals surface area contributed by atoms with Crippen LogP contribution in [0.4, 0.5) is 13.2 Å². The molecule has 2 heterocycles. The maximum absolute atomic E-state index is 14.6. The number of carbonyl (C=O) groups is 4. The summed E-state index contributed by atoms with van der Waals surface area (Å²) < 4.78 is 43.9. The SMILES string of the molecule is Cc1cc2c3c(cc(C(F)(F)F)c4c5ccc6c7c(ccc(c1c34)c75)C(=O)N(C)C6=O)C(=O)N(C)C2=O. The van der Waals surface area contributed by atoms with Gasteiger partial charge in [-0.1, -0.05) is 12.1 Å². The minimum absolute atomic E-state index is 0.157. The first kappa shape index (κ1) is 21.7. The number of aryl methyl sites for hydroxylation is 1. The highest BCUT2D eigenvalue weighted by atomic mass is 19.4. The fraction of sp³-hybridized carbons (Fsp3) is 0.143. The van der Waals surface area contributed by atoms with Gasteiger partial charge in [0.25, 0.3) is 23.6 Å². The number of fused-ring (bicyclic) bond motifs is 2. The molecule has 0 aromatic heterocycles. The maximum Gasteiger partial charge on any atom is 0.417 e.